The normalized spacial score (nSPS) is 14.3. The van der Waals surface area contributed by atoms with Crippen molar-refractivity contribution in [1.29, 1.82) is 0 Å². The SMILES string of the molecule is CCCCCCCCCC(=O)NC(Cc1c[nH]c2ccccc12)C(=O)NC(CC(N)=O)C(=O)NC(CC(=O)O)C(=O)NC(C(=O)NCC(=O)NC(CCCN)C(=O)NC(CC(=O)O)C(=O)NC(C)C(=O)NC(CC(=O)O)C(=O)NCC(=O)N[C@H](CO)C(=O)NC(C(=O)NC(CC(=O)c1ccccc1N)C(=O)O)C(C)CC(=O)O)C(C)O. The highest BCUT2D eigenvalue weighted by molar-refractivity contribution is 6.05. The maximum Gasteiger partial charge on any atom is 0.326 e. The standard InChI is InChI=1S/C72H103N17O27/c1-5-6-7-8-9-10-11-22-53(94)81-44(25-38-31-76-42-20-15-13-17-39(38)42)66(109)84-45(27-52(75)93)67(110)86-48(30-59(103)104)68(111)89-61(37(4)91)70(113)78-33-54(95)80-43(21-16-23-73)64(107)85-47(29-58(101)102)65(108)79-36(3)62(105)83-46(28-57(99)100)63(106)77-32-55(96)82-50(34-90)69(112)88-60(35(2)24-56(97)98)71(114)87-49(72(115)116)26-51(92)40-18-12-14-19-41(40)74/h12-15,17-20,31,35-37,43-50,60-61,76,90-91H,5-11,16,21-30,32-34,73-74H2,1-4H3,(H2,75,93)(H,77,106)(H,78,113)(H,79,108)(H,80,95)(H,81,94)(H,82,96)(H,83,105)(H,84,109)(H,85,107)(H,86,110)(H,87,114)(H,88,112)(H,89,111)(H,97,98)(H,99,100)(H,101,102)(H,103,104)(H,115,116)/t35?,36?,37?,43?,44?,45?,46?,47?,48?,49?,50-,60?,61?/m1/s1. The first kappa shape index (κ1) is 97.5. The number of carbonyl (C=O) groups excluding carboxylic acids is 15. The number of ketones is 1. The molecule has 1 aromatic heterocycles. The molecule has 638 valence electrons. The molecule has 0 saturated carbocycles. The number of aliphatic hydroxyl groups excluding tert-OH is 2. The number of fused-ring (bicyclic) bond motifs is 1. The van der Waals surface area contributed by atoms with Crippen LogP contribution in [-0.2, 0) is 97.5 Å². The third-order valence-electron chi connectivity index (χ3n) is 17.6. The van der Waals surface area contributed by atoms with E-state index < -0.39 is 255 Å². The number of carboxylic acid groups (broad SMARTS) is 5. The van der Waals surface area contributed by atoms with Crippen LogP contribution in [0.1, 0.15) is 146 Å². The average molecular weight is 1640 g/mol. The van der Waals surface area contributed by atoms with Gasteiger partial charge in [-0.2, -0.15) is 0 Å². The van der Waals surface area contributed by atoms with E-state index in [4.69, 9.17) is 17.2 Å². The first-order valence-electron chi connectivity index (χ1n) is 36.9. The van der Waals surface area contributed by atoms with Crippen LogP contribution in [0, 0.1) is 5.92 Å². The van der Waals surface area contributed by atoms with E-state index in [1.54, 1.807) is 30.5 Å². The van der Waals surface area contributed by atoms with Crippen LogP contribution in [0.4, 0.5) is 5.69 Å². The van der Waals surface area contributed by atoms with E-state index in [0.29, 0.717) is 22.9 Å². The van der Waals surface area contributed by atoms with Gasteiger partial charge in [-0.3, -0.25) is 91.1 Å². The second kappa shape index (κ2) is 49.7. The number of aliphatic hydroxyl groups is 2. The molecular weight excluding hydrogens is 1530 g/mol. The van der Waals surface area contributed by atoms with Gasteiger partial charge in [-0.05, 0) is 69.3 Å². The maximum atomic E-state index is 14.1. The summed E-state index contributed by atoms with van der Waals surface area (Å²) in [5.41, 5.74) is 18.1. The van der Waals surface area contributed by atoms with Gasteiger partial charge in [0.25, 0.3) is 0 Å². The number of para-hydroxylation sites is 2. The Bertz CT molecular complexity index is 4020. The number of hydrogen-bond donors (Lipinski definition) is 24. The van der Waals surface area contributed by atoms with E-state index in [1.165, 1.54) is 24.3 Å². The molecule has 44 heteroatoms. The number of hydrogen-bond acceptors (Lipinski definition) is 24. The van der Waals surface area contributed by atoms with Crippen molar-refractivity contribution in [1.82, 2.24) is 74.1 Å². The topological polar surface area (TPSA) is 733 Å². The summed E-state index contributed by atoms with van der Waals surface area (Å²) in [4.78, 5) is 265. The van der Waals surface area contributed by atoms with Gasteiger partial charge in [-0.25, -0.2) is 4.79 Å². The Morgan fingerprint density at radius 2 is 0.897 bits per heavy atom. The smallest absolute Gasteiger partial charge is 0.326 e. The van der Waals surface area contributed by atoms with E-state index in [1.807, 2.05) is 16.0 Å². The van der Waals surface area contributed by atoms with Gasteiger partial charge in [0.15, 0.2) is 5.78 Å². The molecule has 12 unspecified atom stereocenters. The highest BCUT2D eigenvalue weighted by Crippen LogP contribution is 2.21. The average Bonchev–Trinajstić information content (AvgIpc) is 1.68. The zero-order valence-corrected chi connectivity index (χ0v) is 64.1. The van der Waals surface area contributed by atoms with Gasteiger partial charge in [0.1, 0.15) is 66.5 Å². The number of carboxylic acids is 5. The summed E-state index contributed by atoms with van der Waals surface area (Å²) in [5, 5.41) is 97.9. The predicted molar refractivity (Wildman–Crippen MR) is 404 cm³/mol. The van der Waals surface area contributed by atoms with Crippen molar-refractivity contribution in [3.8, 4) is 0 Å². The zero-order valence-electron chi connectivity index (χ0n) is 64.1. The number of benzene rings is 2. The number of carbonyl (C=O) groups is 20. The Morgan fingerprint density at radius 3 is 1.44 bits per heavy atom. The fraction of sp³-hybridized carbons (Fsp3) is 0.528. The van der Waals surface area contributed by atoms with E-state index in [2.05, 4.69) is 65.1 Å². The van der Waals surface area contributed by atoms with E-state index >= 15 is 0 Å². The predicted octanol–water partition coefficient (Wildman–Crippen LogP) is -6.10. The Kier molecular flexibility index (Phi) is 41.7. The molecule has 116 heavy (non-hydrogen) atoms. The van der Waals surface area contributed by atoms with Gasteiger partial charge in [0, 0.05) is 47.6 Å². The second-order valence-electron chi connectivity index (χ2n) is 27.2. The van der Waals surface area contributed by atoms with Crippen LogP contribution in [0.3, 0.4) is 0 Å². The Balaban J connectivity index is 1.70. The third kappa shape index (κ3) is 34.7. The molecule has 0 aliphatic rings. The van der Waals surface area contributed by atoms with Crippen molar-refractivity contribution in [2.45, 2.75) is 209 Å². The van der Waals surface area contributed by atoms with Crippen molar-refractivity contribution >= 4 is 135 Å². The number of Topliss-reactive ketones (excluding diaryl/α,β-unsaturated/α-hetero) is 1. The molecule has 2 aromatic carbocycles. The first-order chi connectivity index (χ1) is 54.7. The number of nitrogen functional groups attached to an aromatic ring is 1. The quantitative estimate of drug-likeness (QED) is 0.0142. The summed E-state index contributed by atoms with van der Waals surface area (Å²) >= 11 is 0. The lowest BCUT2D eigenvalue weighted by atomic mass is 9.96. The van der Waals surface area contributed by atoms with Crippen LogP contribution in [-0.4, -0.2) is 258 Å². The van der Waals surface area contributed by atoms with Crippen molar-refractivity contribution < 1.29 is 132 Å². The van der Waals surface area contributed by atoms with E-state index in [0.717, 1.165) is 59.3 Å². The number of nitrogens with two attached hydrogens (primary N) is 3. The van der Waals surface area contributed by atoms with Gasteiger partial charge < -0.3 is 127 Å². The molecule has 3 aromatic rings. The number of aromatic amines is 1. The van der Waals surface area contributed by atoms with Gasteiger partial charge >= 0.3 is 29.8 Å². The van der Waals surface area contributed by atoms with Crippen molar-refractivity contribution in [2.24, 2.45) is 17.4 Å². The van der Waals surface area contributed by atoms with Crippen LogP contribution in [0.15, 0.2) is 54.7 Å². The molecule has 0 radical (unpaired) electrons. The van der Waals surface area contributed by atoms with Gasteiger partial charge in [0.05, 0.1) is 57.9 Å². The Morgan fingerprint density at radius 1 is 0.440 bits per heavy atom. The molecular formula is C72H103N17O27. The van der Waals surface area contributed by atoms with Crippen LogP contribution < -0.4 is 86.3 Å². The number of aliphatic carboxylic acids is 5. The summed E-state index contributed by atoms with van der Waals surface area (Å²) in [6, 6.07) is -8.39. The maximum absolute atomic E-state index is 14.1. The van der Waals surface area contributed by atoms with Crippen molar-refractivity contribution in [3.63, 3.8) is 0 Å². The number of H-pyrrole nitrogens is 1. The van der Waals surface area contributed by atoms with Crippen LogP contribution in [0.5, 0.6) is 0 Å². The summed E-state index contributed by atoms with van der Waals surface area (Å²) in [6.45, 7) is 1.60. The fourth-order valence-electron chi connectivity index (χ4n) is 11.4. The van der Waals surface area contributed by atoms with E-state index in [9.17, 15) is 132 Å². The molecule has 0 spiro atoms. The second-order valence-corrected chi connectivity index (χ2v) is 27.2. The first-order valence-corrected chi connectivity index (χ1v) is 36.9. The molecule has 14 amide bonds. The van der Waals surface area contributed by atoms with Crippen LogP contribution >= 0.6 is 0 Å². The van der Waals surface area contributed by atoms with Gasteiger partial charge in [-0.1, -0.05) is 82.7 Å². The lowest BCUT2D eigenvalue weighted by Gasteiger charge is -2.27. The minimum Gasteiger partial charge on any atom is -0.481 e. The van der Waals surface area contributed by atoms with E-state index in [-0.39, 0.29) is 43.5 Å². The lowest BCUT2D eigenvalue weighted by Crippen LogP contribution is -2.61. The number of anilines is 1. The van der Waals surface area contributed by atoms with Crippen molar-refractivity contribution in [2.75, 3.05) is 32.0 Å². The summed E-state index contributed by atoms with van der Waals surface area (Å²) in [7, 11) is 0. The molecule has 0 aliphatic heterocycles. The molecule has 27 N–H and O–H groups in total. The van der Waals surface area contributed by atoms with Gasteiger partial charge in [0.2, 0.25) is 82.7 Å². The number of unbranched alkanes of at least 4 members (excludes halogenated alkanes) is 6. The van der Waals surface area contributed by atoms with Gasteiger partial charge in [-0.15, -0.1) is 0 Å². The molecule has 1 heterocycles. The number of nitrogens with one attached hydrogen (secondary N) is 14. The highest BCUT2D eigenvalue weighted by Gasteiger charge is 2.39. The number of amides is 14. The number of aromatic nitrogens is 1. The number of primary amides is 1. The molecule has 3 rings (SSSR count). The highest BCUT2D eigenvalue weighted by atomic mass is 16.4. The monoisotopic (exact) mass is 1640 g/mol. The molecule has 0 bridgehead atoms. The largest absolute Gasteiger partial charge is 0.481 e. The van der Waals surface area contributed by atoms with Crippen molar-refractivity contribution in [3.05, 3.63) is 65.9 Å². The van der Waals surface area contributed by atoms with Crippen LogP contribution in [0.25, 0.3) is 10.9 Å². The van der Waals surface area contributed by atoms with Crippen LogP contribution in [0.2, 0.25) is 0 Å². The summed E-state index contributed by atoms with van der Waals surface area (Å²) in [6.07, 6.45) is -0.693. The molecule has 13 atom stereocenters. The Labute approximate surface area is 663 Å². The zero-order chi connectivity index (χ0) is 87.1. The lowest BCUT2D eigenvalue weighted by molar-refractivity contribution is -0.143. The fourth-order valence-corrected chi connectivity index (χ4v) is 11.4. The number of rotatable bonds is 55. The summed E-state index contributed by atoms with van der Waals surface area (Å²) in [5.74, 6) is -27.9. The minimum absolute atomic E-state index is 0.0168. The molecule has 44 nitrogen and oxygen atoms in total. The summed E-state index contributed by atoms with van der Waals surface area (Å²) < 4.78 is 0. The molecule has 0 fully saturated rings. The Hall–Kier alpha value is -12.7. The minimum atomic E-state index is -2.13. The molecule has 0 saturated heterocycles. The third-order valence-corrected chi connectivity index (χ3v) is 17.6. The molecule has 0 aliphatic carbocycles.